The number of nitrogens with zero attached hydrogens (tertiary/aromatic N) is 1. The number of rotatable bonds is 8. The molecule has 0 aromatic heterocycles. The standard InChI is InChI=1S/C22H21N3O6S/c1-3-31-19-11-9-17(10-12-19)24-32(29,30)20-6-4-5-16(13-20)22(26)23-18-8-7-15(2)21(14-18)25(27)28/h4-14,24H,3H2,1-2H3,(H,23,26). The van der Waals surface area contributed by atoms with Gasteiger partial charge in [-0.05, 0) is 62.4 Å². The predicted octanol–water partition coefficient (Wildman–Crippen LogP) is 4.36. The number of nitro groups is 1. The molecule has 3 aromatic rings. The van der Waals surface area contributed by atoms with Crippen LogP contribution in [-0.2, 0) is 10.0 Å². The van der Waals surface area contributed by atoms with E-state index in [0.29, 0.717) is 23.6 Å². The zero-order valence-corrected chi connectivity index (χ0v) is 18.2. The molecule has 0 bridgehead atoms. The second-order valence-electron chi connectivity index (χ2n) is 6.80. The predicted molar refractivity (Wildman–Crippen MR) is 121 cm³/mol. The van der Waals surface area contributed by atoms with Gasteiger partial charge in [-0.1, -0.05) is 12.1 Å². The molecule has 0 heterocycles. The van der Waals surface area contributed by atoms with Crippen LogP contribution < -0.4 is 14.8 Å². The van der Waals surface area contributed by atoms with Crippen molar-refractivity contribution in [1.29, 1.82) is 0 Å². The lowest BCUT2D eigenvalue weighted by molar-refractivity contribution is -0.385. The molecule has 0 atom stereocenters. The fourth-order valence-corrected chi connectivity index (χ4v) is 4.00. The van der Waals surface area contributed by atoms with Crippen molar-refractivity contribution in [2.75, 3.05) is 16.6 Å². The number of nitro benzene ring substituents is 1. The number of aryl methyl sites for hydroxylation is 1. The van der Waals surface area contributed by atoms with Crippen molar-refractivity contribution in [2.24, 2.45) is 0 Å². The summed E-state index contributed by atoms with van der Waals surface area (Å²) in [5, 5.41) is 13.7. The lowest BCUT2D eigenvalue weighted by Gasteiger charge is -2.11. The van der Waals surface area contributed by atoms with Crippen LogP contribution in [0.5, 0.6) is 5.75 Å². The maximum Gasteiger partial charge on any atom is 0.274 e. The monoisotopic (exact) mass is 455 g/mol. The number of carbonyl (C=O) groups excluding carboxylic acids is 1. The van der Waals surface area contributed by atoms with Crippen LogP contribution in [0.2, 0.25) is 0 Å². The van der Waals surface area contributed by atoms with Crippen LogP contribution in [0.4, 0.5) is 17.1 Å². The Hall–Kier alpha value is -3.92. The molecule has 1 amide bonds. The third-order valence-corrected chi connectivity index (χ3v) is 5.87. The summed E-state index contributed by atoms with van der Waals surface area (Å²) in [6.07, 6.45) is 0. The normalized spacial score (nSPS) is 10.9. The molecule has 0 unspecified atom stereocenters. The van der Waals surface area contributed by atoms with Gasteiger partial charge in [0.15, 0.2) is 0 Å². The average Bonchev–Trinajstić information content (AvgIpc) is 2.76. The van der Waals surface area contributed by atoms with Crippen LogP contribution in [-0.4, -0.2) is 25.9 Å². The van der Waals surface area contributed by atoms with Crippen LogP contribution >= 0.6 is 0 Å². The van der Waals surface area contributed by atoms with Crippen molar-refractivity contribution in [3.05, 3.63) is 88.0 Å². The van der Waals surface area contributed by atoms with Crippen LogP contribution in [0.1, 0.15) is 22.8 Å². The summed E-state index contributed by atoms with van der Waals surface area (Å²) in [6, 6.07) is 16.2. The van der Waals surface area contributed by atoms with Crippen molar-refractivity contribution >= 4 is 33.0 Å². The zero-order valence-electron chi connectivity index (χ0n) is 17.4. The van der Waals surface area contributed by atoms with Gasteiger partial charge in [-0.2, -0.15) is 0 Å². The summed E-state index contributed by atoms with van der Waals surface area (Å²) in [7, 11) is -3.95. The van der Waals surface area contributed by atoms with E-state index in [1.165, 1.54) is 42.5 Å². The van der Waals surface area contributed by atoms with E-state index in [9.17, 15) is 23.3 Å². The molecule has 3 rings (SSSR count). The van der Waals surface area contributed by atoms with Gasteiger partial charge >= 0.3 is 0 Å². The van der Waals surface area contributed by atoms with Gasteiger partial charge < -0.3 is 10.1 Å². The SMILES string of the molecule is CCOc1ccc(NS(=O)(=O)c2cccc(C(=O)Nc3ccc(C)c([N+](=O)[O-])c3)c2)cc1. The number of ether oxygens (including phenoxy) is 1. The zero-order chi connectivity index (χ0) is 23.3. The van der Waals surface area contributed by atoms with Crippen LogP contribution in [0.3, 0.4) is 0 Å². The summed E-state index contributed by atoms with van der Waals surface area (Å²) in [5.74, 6) is 0.0201. The van der Waals surface area contributed by atoms with E-state index in [4.69, 9.17) is 4.74 Å². The molecule has 0 fully saturated rings. The molecule has 2 N–H and O–H groups in total. The number of hydrogen-bond donors (Lipinski definition) is 2. The van der Waals surface area contributed by atoms with Gasteiger partial charge in [-0.25, -0.2) is 8.42 Å². The fraction of sp³-hybridized carbons (Fsp3) is 0.136. The Balaban J connectivity index is 1.78. The maximum atomic E-state index is 12.8. The Morgan fingerprint density at radius 1 is 1.03 bits per heavy atom. The second kappa shape index (κ2) is 9.48. The second-order valence-corrected chi connectivity index (χ2v) is 8.49. The Morgan fingerprint density at radius 2 is 1.72 bits per heavy atom. The summed E-state index contributed by atoms with van der Waals surface area (Å²) in [5.41, 5.74) is 0.992. The van der Waals surface area contributed by atoms with Gasteiger partial charge in [0.2, 0.25) is 0 Å². The van der Waals surface area contributed by atoms with E-state index in [0.717, 1.165) is 0 Å². The highest BCUT2D eigenvalue weighted by Gasteiger charge is 2.18. The third kappa shape index (κ3) is 5.41. The van der Waals surface area contributed by atoms with Crippen molar-refractivity contribution < 1.29 is 22.9 Å². The maximum absolute atomic E-state index is 12.8. The molecular formula is C22H21N3O6S. The largest absolute Gasteiger partial charge is 0.494 e. The Labute approximate surface area is 185 Å². The minimum Gasteiger partial charge on any atom is -0.494 e. The van der Waals surface area contributed by atoms with Crippen molar-refractivity contribution in [1.82, 2.24) is 0 Å². The first-order valence-corrected chi connectivity index (χ1v) is 11.1. The lowest BCUT2D eigenvalue weighted by atomic mass is 10.1. The number of hydrogen-bond acceptors (Lipinski definition) is 6. The van der Waals surface area contributed by atoms with E-state index in [-0.39, 0.29) is 21.8 Å². The van der Waals surface area contributed by atoms with Crippen molar-refractivity contribution in [2.45, 2.75) is 18.7 Å². The van der Waals surface area contributed by atoms with E-state index in [2.05, 4.69) is 10.0 Å². The van der Waals surface area contributed by atoms with E-state index < -0.39 is 20.9 Å². The molecule has 32 heavy (non-hydrogen) atoms. The van der Waals surface area contributed by atoms with Crippen molar-refractivity contribution in [3.8, 4) is 5.75 Å². The first-order chi connectivity index (χ1) is 15.2. The molecule has 0 radical (unpaired) electrons. The molecule has 0 aliphatic rings. The number of nitrogens with one attached hydrogen (secondary N) is 2. The number of carbonyl (C=O) groups is 1. The first-order valence-electron chi connectivity index (χ1n) is 9.62. The molecule has 10 heteroatoms. The number of sulfonamides is 1. The lowest BCUT2D eigenvalue weighted by Crippen LogP contribution is -2.16. The van der Waals surface area contributed by atoms with Gasteiger partial charge in [-0.15, -0.1) is 0 Å². The summed E-state index contributed by atoms with van der Waals surface area (Å²) >= 11 is 0. The van der Waals surface area contributed by atoms with E-state index in [1.54, 1.807) is 31.2 Å². The minimum absolute atomic E-state index is 0.0859. The molecule has 0 spiro atoms. The quantitative estimate of drug-likeness (QED) is 0.384. The number of anilines is 2. The van der Waals surface area contributed by atoms with Crippen LogP contribution in [0.25, 0.3) is 0 Å². The molecule has 166 valence electrons. The molecule has 0 saturated carbocycles. The number of amides is 1. The highest BCUT2D eigenvalue weighted by molar-refractivity contribution is 7.92. The molecule has 0 saturated heterocycles. The molecule has 0 aliphatic carbocycles. The highest BCUT2D eigenvalue weighted by atomic mass is 32.2. The van der Waals surface area contributed by atoms with Crippen molar-refractivity contribution in [3.63, 3.8) is 0 Å². The van der Waals surface area contributed by atoms with Gasteiger partial charge in [0.25, 0.3) is 21.6 Å². The first kappa shape index (κ1) is 22.8. The third-order valence-electron chi connectivity index (χ3n) is 4.49. The Kier molecular flexibility index (Phi) is 6.74. The van der Waals surface area contributed by atoms with Gasteiger partial charge in [0.1, 0.15) is 5.75 Å². The van der Waals surface area contributed by atoms with Gasteiger partial charge in [-0.3, -0.25) is 19.6 Å². The minimum atomic E-state index is -3.95. The van der Waals surface area contributed by atoms with Gasteiger partial charge in [0, 0.05) is 28.6 Å². The topological polar surface area (TPSA) is 128 Å². The van der Waals surface area contributed by atoms with Gasteiger partial charge in [0.05, 0.1) is 16.4 Å². The summed E-state index contributed by atoms with van der Waals surface area (Å²) in [6.45, 7) is 3.94. The fourth-order valence-electron chi connectivity index (χ4n) is 2.89. The summed E-state index contributed by atoms with van der Waals surface area (Å²) in [4.78, 5) is 23.1. The van der Waals surface area contributed by atoms with E-state index in [1.807, 2.05) is 6.92 Å². The molecule has 3 aromatic carbocycles. The highest BCUT2D eigenvalue weighted by Crippen LogP contribution is 2.24. The molecule has 0 aliphatic heterocycles. The molecule has 9 nitrogen and oxygen atoms in total. The van der Waals surface area contributed by atoms with Crippen LogP contribution in [0, 0.1) is 17.0 Å². The smallest absolute Gasteiger partial charge is 0.274 e. The average molecular weight is 455 g/mol. The summed E-state index contributed by atoms with van der Waals surface area (Å²) < 4.78 is 33.3. The Bertz CT molecular complexity index is 1260. The molecular weight excluding hydrogens is 434 g/mol. The number of benzene rings is 3. The Morgan fingerprint density at radius 3 is 2.38 bits per heavy atom. The van der Waals surface area contributed by atoms with E-state index >= 15 is 0 Å². The van der Waals surface area contributed by atoms with Crippen LogP contribution in [0.15, 0.2) is 71.6 Å².